The molecular formula is C25H38N4O2. The highest BCUT2D eigenvalue weighted by atomic mass is 16.2. The summed E-state index contributed by atoms with van der Waals surface area (Å²) in [5.41, 5.74) is -0.682. The van der Waals surface area contributed by atoms with E-state index in [1.807, 2.05) is 36.1 Å². The van der Waals surface area contributed by atoms with E-state index < -0.39 is 5.54 Å². The Bertz CT molecular complexity index is 751. The summed E-state index contributed by atoms with van der Waals surface area (Å²) in [5.74, 6) is 1.22. The van der Waals surface area contributed by atoms with E-state index in [4.69, 9.17) is 5.41 Å². The normalized spacial score (nSPS) is 28.0. The average molecular weight is 427 g/mol. The molecule has 0 radical (unpaired) electrons. The smallest absolute Gasteiger partial charge is 0.254 e. The van der Waals surface area contributed by atoms with Crippen LogP contribution in [0.3, 0.4) is 0 Å². The molecule has 2 atom stereocenters. The molecule has 1 aliphatic carbocycles. The first-order chi connectivity index (χ1) is 14.9. The van der Waals surface area contributed by atoms with Crippen molar-refractivity contribution in [2.24, 2.45) is 11.8 Å². The molecule has 0 aromatic carbocycles. The molecule has 2 N–H and O–H groups in total. The third-order valence-corrected chi connectivity index (χ3v) is 7.11. The van der Waals surface area contributed by atoms with Crippen LogP contribution in [-0.2, 0) is 9.59 Å². The van der Waals surface area contributed by atoms with Crippen LogP contribution < -0.4 is 5.32 Å². The molecule has 3 aliphatic rings. The van der Waals surface area contributed by atoms with Crippen LogP contribution in [0.2, 0.25) is 0 Å². The number of carbonyl (C=O) groups excluding carboxylic acids is 2. The maximum absolute atomic E-state index is 13.2. The molecule has 2 aliphatic heterocycles. The first kappa shape index (κ1) is 23.3. The summed E-state index contributed by atoms with van der Waals surface area (Å²) in [6.45, 7) is 3.36. The molecule has 6 nitrogen and oxygen atoms in total. The second-order valence-electron chi connectivity index (χ2n) is 9.38. The number of likely N-dealkylation sites (tertiary alicyclic amines) is 1. The van der Waals surface area contributed by atoms with Gasteiger partial charge in [0.15, 0.2) is 5.96 Å². The van der Waals surface area contributed by atoms with Gasteiger partial charge in [0.25, 0.3) is 5.91 Å². The molecule has 6 heteroatoms. The molecule has 0 aromatic heterocycles. The van der Waals surface area contributed by atoms with Crippen molar-refractivity contribution in [1.82, 2.24) is 15.1 Å². The fourth-order valence-corrected chi connectivity index (χ4v) is 5.30. The van der Waals surface area contributed by atoms with Gasteiger partial charge in [-0.1, -0.05) is 62.5 Å². The van der Waals surface area contributed by atoms with E-state index in [2.05, 4.69) is 5.32 Å². The Morgan fingerprint density at radius 3 is 2.55 bits per heavy atom. The summed E-state index contributed by atoms with van der Waals surface area (Å²) >= 11 is 0. The Morgan fingerprint density at radius 1 is 1.13 bits per heavy atom. The van der Waals surface area contributed by atoms with Crippen molar-refractivity contribution in [3.8, 4) is 0 Å². The Labute approximate surface area is 186 Å². The highest BCUT2D eigenvalue weighted by Gasteiger charge is 2.49. The summed E-state index contributed by atoms with van der Waals surface area (Å²) in [5, 5.41) is 11.4. The summed E-state index contributed by atoms with van der Waals surface area (Å²) in [6.07, 6.45) is 20.9. The number of allylic oxidation sites excluding steroid dienone is 5. The number of carbonyl (C=O) groups is 2. The van der Waals surface area contributed by atoms with Gasteiger partial charge in [0.1, 0.15) is 5.54 Å². The van der Waals surface area contributed by atoms with Crippen LogP contribution in [0.25, 0.3) is 0 Å². The van der Waals surface area contributed by atoms with Crippen LogP contribution in [-0.4, -0.2) is 53.2 Å². The second-order valence-corrected chi connectivity index (χ2v) is 9.38. The van der Waals surface area contributed by atoms with Crippen molar-refractivity contribution >= 4 is 17.8 Å². The first-order valence-electron chi connectivity index (χ1n) is 11.8. The minimum Gasteiger partial charge on any atom is -0.342 e. The lowest BCUT2D eigenvalue weighted by molar-refractivity contribution is -0.131. The predicted octanol–water partition coefficient (Wildman–Crippen LogP) is 4.01. The van der Waals surface area contributed by atoms with Crippen LogP contribution in [0.5, 0.6) is 0 Å². The fraction of sp³-hybridized carbons (Fsp3) is 0.640. The van der Waals surface area contributed by atoms with E-state index in [1.54, 1.807) is 19.2 Å². The molecule has 2 saturated heterocycles. The maximum Gasteiger partial charge on any atom is 0.254 e. The molecule has 0 bridgehead atoms. The van der Waals surface area contributed by atoms with E-state index in [9.17, 15) is 9.59 Å². The largest absolute Gasteiger partial charge is 0.342 e. The van der Waals surface area contributed by atoms with Gasteiger partial charge in [0.05, 0.1) is 0 Å². The fourth-order valence-electron chi connectivity index (χ4n) is 5.30. The van der Waals surface area contributed by atoms with Crippen LogP contribution in [0.4, 0.5) is 0 Å². The van der Waals surface area contributed by atoms with Crippen LogP contribution in [0.15, 0.2) is 36.5 Å². The highest BCUT2D eigenvalue weighted by molar-refractivity contribution is 6.07. The Morgan fingerprint density at radius 2 is 1.87 bits per heavy atom. The lowest BCUT2D eigenvalue weighted by atomic mass is 9.78. The molecule has 31 heavy (non-hydrogen) atoms. The van der Waals surface area contributed by atoms with E-state index in [1.165, 1.54) is 37.0 Å². The van der Waals surface area contributed by atoms with Crippen molar-refractivity contribution < 1.29 is 9.59 Å². The number of likely N-dealkylation sites (N-methyl/N-ethyl adjacent to an activating group) is 1. The van der Waals surface area contributed by atoms with Crippen molar-refractivity contribution in [2.75, 3.05) is 20.1 Å². The Hall–Kier alpha value is -2.37. The van der Waals surface area contributed by atoms with Crippen LogP contribution in [0, 0.1) is 17.2 Å². The minimum atomic E-state index is -0.682. The number of hydrogen-bond donors (Lipinski definition) is 2. The minimum absolute atomic E-state index is 0.0205. The molecule has 2 heterocycles. The van der Waals surface area contributed by atoms with E-state index in [0.29, 0.717) is 18.9 Å². The van der Waals surface area contributed by atoms with Gasteiger partial charge in [0, 0.05) is 26.2 Å². The monoisotopic (exact) mass is 426 g/mol. The van der Waals surface area contributed by atoms with E-state index in [0.717, 1.165) is 25.8 Å². The number of nitrogens with one attached hydrogen (secondary N) is 2. The van der Waals surface area contributed by atoms with Gasteiger partial charge in [-0.3, -0.25) is 19.9 Å². The summed E-state index contributed by atoms with van der Waals surface area (Å²) in [6, 6.07) is 0. The summed E-state index contributed by atoms with van der Waals surface area (Å²) < 4.78 is 0. The Kier molecular flexibility index (Phi) is 8.10. The van der Waals surface area contributed by atoms with Crippen molar-refractivity contribution in [1.29, 1.82) is 5.41 Å². The zero-order valence-corrected chi connectivity index (χ0v) is 19.1. The molecule has 1 unspecified atom stereocenters. The second kappa shape index (κ2) is 10.8. The van der Waals surface area contributed by atoms with Crippen LogP contribution in [0.1, 0.15) is 64.7 Å². The first-order valence-corrected chi connectivity index (χ1v) is 11.8. The Balaban J connectivity index is 1.60. The van der Waals surface area contributed by atoms with Gasteiger partial charge >= 0.3 is 0 Å². The van der Waals surface area contributed by atoms with Gasteiger partial charge in [-0.15, -0.1) is 0 Å². The van der Waals surface area contributed by atoms with Crippen molar-refractivity contribution in [2.45, 2.75) is 70.3 Å². The number of hydrogen-bond acceptors (Lipinski definition) is 3. The molecule has 1 saturated carbocycles. The van der Waals surface area contributed by atoms with E-state index >= 15 is 0 Å². The quantitative estimate of drug-likeness (QED) is 0.455. The summed E-state index contributed by atoms with van der Waals surface area (Å²) in [7, 11) is 1.69. The lowest BCUT2D eigenvalue weighted by Gasteiger charge is -2.32. The molecule has 3 rings (SSSR count). The van der Waals surface area contributed by atoms with Crippen LogP contribution >= 0.6 is 0 Å². The zero-order chi connectivity index (χ0) is 22.3. The van der Waals surface area contributed by atoms with Crippen molar-refractivity contribution in [3.63, 3.8) is 0 Å². The molecule has 0 spiro atoms. The lowest BCUT2D eigenvalue weighted by Crippen LogP contribution is -2.49. The van der Waals surface area contributed by atoms with Gasteiger partial charge in [-0.05, 0) is 44.4 Å². The molecule has 2 amide bonds. The molecule has 0 aromatic rings. The summed E-state index contributed by atoms with van der Waals surface area (Å²) in [4.78, 5) is 29.0. The number of amides is 2. The topological polar surface area (TPSA) is 76.5 Å². The molecule has 3 fully saturated rings. The number of nitrogens with zero attached hydrogens (tertiary/aromatic N) is 2. The number of guanidine groups is 1. The van der Waals surface area contributed by atoms with Gasteiger partial charge in [-0.25, -0.2) is 0 Å². The maximum atomic E-state index is 13.2. The predicted molar refractivity (Wildman–Crippen MR) is 125 cm³/mol. The van der Waals surface area contributed by atoms with Gasteiger partial charge < -0.3 is 10.2 Å². The average Bonchev–Trinajstić information content (AvgIpc) is 3.32. The van der Waals surface area contributed by atoms with Crippen molar-refractivity contribution in [3.05, 3.63) is 36.5 Å². The third kappa shape index (κ3) is 5.86. The standard InChI is InChI=1S/C25H38N4O2/c1-3-4-5-6-10-13-22(30)29-17-15-21(19-29)18-25(23(31)28(2)24(26)27-25)16-14-20-11-8-7-9-12-20/h3-6,10,13,20-21H,7-9,11-12,14-19H2,1-2H3,(H2,26,27)/b4-3-,6-5-,13-10+/t21?,25-/m0/s1. The molecular weight excluding hydrogens is 388 g/mol. The zero-order valence-electron chi connectivity index (χ0n) is 19.1. The molecule has 170 valence electrons. The third-order valence-electron chi connectivity index (χ3n) is 7.11. The number of rotatable bonds is 8. The van der Waals surface area contributed by atoms with Gasteiger partial charge in [-0.2, -0.15) is 0 Å². The van der Waals surface area contributed by atoms with E-state index in [-0.39, 0.29) is 23.7 Å². The van der Waals surface area contributed by atoms with Gasteiger partial charge in [0.2, 0.25) is 5.91 Å². The SMILES string of the molecule is C\C=C/C=C\C=C\C(=O)N1CCC(C[C@]2(CCC3CCCCC3)NC(=N)N(C)C2=O)C1. The highest BCUT2D eigenvalue weighted by Crippen LogP contribution is 2.36.